The number of halogens is 1. The molecule has 0 unspecified atom stereocenters. The van der Waals surface area contributed by atoms with Crippen molar-refractivity contribution in [1.29, 1.82) is 0 Å². The van der Waals surface area contributed by atoms with Gasteiger partial charge in [0.1, 0.15) is 0 Å². The van der Waals surface area contributed by atoms with Crippen LogP contribution in [0.3, 0.4) is 0 Å². The molecule has 0 aliphatic heterocycles. The van der Waals surface area contributed by atoms with E-state index < -0.39 is 11.8 Å². The third kappa shape index (κ3) is 3.27. The van der Waals surface area contributed by atoms with E-state index in [4.69, 9.17) is 4.74 Å². The third-order valence-corrected chi connectivity index (χ3v) is 1.82. The van der Waals surface area contributed by atoms with Crippen molar-refractivity contribution in [2.24, 2.45) is 0 Å². The first-order chi connectivity index (χ1) is 7.67. The zero-order valence-electron chi connectivity index (χ0n) is 8.99. The Morgan fingerprint density at radius 1 is 1.44 bits per heavy atom. The molecule has 1 aromatic rings. The number of rotatable bonds is 4. The predicted octanol–water partition coefficient (Wildman–Crippen LogP) is 1.93. The number of anilines is 1. The summed E-state index contributed by atoms with van der Waals surface area (Å²) in [5, 5.41) is 2.73. The Morgan fingerprint density at radius 2 is 2.19 bits per heavy atom. The van der Waals surface area contributed by atoms with E-state index >= 15 is 0 Å². The normalized spacial score (nSPS) is 10.2. The van der Waals surface area contributed by atoms with E-state index in [9.17, 15) is 9.18 Å². The van der Waals surface area contributed by atoms with Crippen molar-refractivity contribution in [3.63, 3.8) is 0 Å². The van der Waals surface area contributed by atoms with Gasteiger partial charge >= 0.3 is 5.97 Å². The van der Waals surface area contributed by atoms with Gasteiger partial charge in [0.2, 0.25) is 0 Å². The van der Waals surface area contributed by atoms with Gasteiger partial charge in [0.25, 0.3) is 0 Å². The summed E-state index contributed by atoms with van der Waals surface area (Å²) in [6.45, 7) is 0. The van der Waals surface area contributed by atoms with Crippen LogP contribution in [0.15, 0.2) is 30.5 Å². The fourth-order valence-electron chi connectivity index (χ4n) is 1.03. The number of esters is 1. The minimum atomic E-state index is -0.485. The molecular formula is C11H12FNO3. The highest BCUT2D eigenvalue weighted by molar-refractivity contribution is 5.82. The van der Waals surface area contributed by atoms with Crippen molar-refractivity contribution < 1.29 is 18.7 Å². The van der Waals surface area contributed by atoms with Crippen LogP contribution in [0.5, 0.6) is 5.75 Å². The van der Waals surface area contributed by atoms with Gasteiger partial charge in [0.05, 0.1) is 14.2 Å². The van der Waals surface area contributed by atoms with E-state index in [0.717, 1.165) is 0 Å². The summed E-state index contributed by atoms with van der Waals surface area (Å²) in [6, 6.07) is 4.38. The average molecular weight is 225 g/mol. The Balaban J connectivity index is 2.65. The first kappa shape index (κ1) is 12.0. The zero-order chi connectivity index (χ0) is 12.0. The lowest BCUT2D eigenvalue weighted by Crippen LogP contribution is -1.97. The Morgan fingerprint density at radius 3 is 2.75 bits per heavy atom. The standard InChI is InChI=1S/C11H12FNO3/c1-15-10-4-3-8(7-9(10)12)13-6-5-11(14)16-2/h3-7,13H,1-2H3/b6-5+. The summed E-state index contributed by atoms with van der Waals surface area (Å²) in [4.78, 5) is 10.7. The maximum atomic E-state index is 13.2. The zero-order valence-corrected chi connectivity index (χ0v) is 8.99. The topological polar surface area (TPSA) is 47.6 Å². The van der Waals surface area contributed by atoms with Crippen LogP contribution in [0.1, 0.15) is 0 Å². The van der Waals surface area contributed by atoms with Crippen LogP contribution in [0.4, 0.5) is 10.1 Å². The Labute approximate surface area is 92.7 Å². The summed E-state index contributed by atoms with van der Waals surface area (Å²) in [6.07, 6.45) is 2.56. The van der Waals surface area contributed by atoms with Gasteiger partial charge in [-0.15, -0.1) is 0 Å². The van der Waals surface area contributed by atoms with E-state index in [1.165, 1.54) is 38.6 Å². The summed E-state index contributed by atoms with van der Waals surface area (Å²) >= 11 is 0. The summed E-state index contributed by atoms with van der Waals surface area (Å²) < 4.78 is 22.4. The van der Waals surface area contributed by atoms with Gasteiger partial charge in [-0.25, -0.2) is 9.18 Å². The second-order valence-electron chi connectivity index (χ2n) is 2.85. The Kier molecular flexibility index (Phi) is 4.32. The number of methoxy groups -OCH3 is 2. The molecule has 0 saturated carbocycles. The number of benzene rings is 1. The number of ether oxygens (including phenoxy) is 2. The monoisotopic (exact) mass is 225 g/mol. The van der Waals surface area contributed by atoms with Gasteiger partial charge in [0.15, 0.2) is 11.6 Å². The maximum Gasteiger partial charge on any atom is 0.331 e. The molecule has 0 aromatic heterocycles. The van der Waals surface area contributed by atoms with Crippen LogP contribution in [0.25, 0.3) is 0 Å². The van der Waals surface area contributed by atoms with Crippen molar-refractivity contribution in [3.8, 4) is 5.75 Å². The number of nitrogens with one attached hydrogen (secondary N) is 1. The fraction of sp³-hybridized carbons (Fsp3) is 0.182. The van der Waals surface area contributed by atoms with Gasteiger partial charge in [-0.05, 0) is 12.1 Å². The molecular weight excluding hydrogens is 213 g/mol. The maximum absolute atomic E-state index is 13.2. The molecule has 0 aliphatic carbocycles. The molecule has 0 atom stereocenters. The molecule has 1 rings (SSSR count). The van der Waals surface area contributed by atoms with E-state index in [0.29, 0.717) is 5.69 Å². The lowest BCUT2D eigenvalue weighted by Gasteiger charge is -2.04. The lowest BCUT2D eigenvalue weighted by molar-refractivity contribution is -0.134. The predicted molar refractivity (Wildman–Crippen MR) is 57.7 cm³/mol. The summed E-state index contributed by atoms with van der Waals surface area (Å²) in [7, 11) is 2.67. The summed E-state index contributed by atoms with van der Waals surface area (Å²) in [5.74, 6) is -0.789. The van der Waals surface area contributed by atoms with Crippen LogP contribution < -0.4 is 10.1 Å². The van der Waals surface area contributed by atoms with Crippen LogP contribution >= 0.6 is 0 Å². The Hall–Kier alpha value is -2.04. The number of carbonyl (C=O) groups is 1. The molecule has 0 bridgehead atoms. The third-order valence-electron chi connectivity index (χ3n) is 1.82. The highest BCUT2D eigenvalue weighted by Crippen LogP contribution is 2.20. The highest BCUT2D eigenvalue weighted by atomic mass is 19.1. The average Bonchev–Trinajstić information content (AvgIpc) is 2.29. The smallest absolute Gasteiger partial charge is 0.331 e. The van der Waals surface area contributed by atoms with Gasteiger partial charge in [-0.2, -0.15) is 0 Å². The van der Waals surface area contributed by atoms with Crippen LogP contribution in [0, 0.1) is 5.82 Å². The molecule has 0 spiro atoms. The molecule has 0 heterocycles. The number of hydrogen-bond acceptors (Lipinski definition) is 4. The molecule has 0 amide bonds. The van der Waals surface area contributed by atoms with Crippen molar-refractivity contribution in [3.05, 3.63) is 36.3 Å². The van der Waals surface area contributed by atoms with E-state index in [1.807, 2.05) is 0 Å². The molecule has 1 aromatic carbocycles. The van der Waals surface area contributed by atoms with Crippen molar-refractivity contribution in [1.82, 2.24) is 0 Å². The van der Waals surface area contributed by atoms with Crippen LogP contribution in [-0.4, -0.2) is 20.2 Å². The van der Waals surface area contributed by atoms with Crippen LogP contribution in [-0.2, 0) is 9.53 Å². The van der Waals surface area contributed by atoms with E-state index in [-0.39, 0.29) is 5.75 Å². The molecule has 0 aliphatic rings. The SMILES string of the molecule is COC(=O)/C=C/Nc1ccc(OC)c(F)c1. The molecule has 1 N–H and O–H groups in total. The van der Waals surface area contributed by atoms with Crippen LogP contribution in [0.2, 0.25) is 0 Å². The molecule has 0 fully saturated rings. The Bertz CT molecular complexity index is 404. The molecule has 5 heteroatoms. The molecule has 86 valence electrons. The fourth-order valence-corrected chi connectivity index (χ4v) is 1.03. The molecule has 16 heavy (non-hydrogen) atoms. The van der Waals surface area contributed by atoms with E-state index in [2.05, 4.69) is 10.1 Å². The molecule has 0 radical (unpaired) electrons. The second kappa shape index (κ2) is 5.75. The van der Waals surface area contributed by atoms with Crippen molar-refractivity contribution >= 4 is 11.7 Å². The van der Waals surface area contributed by atoms with Crippen molar-refractivity contribution in [2.75, 3.05) is 19.5 Å². The number of hydrogen-bond donors (Lipinski definition) is 1. The van der Waals surface area contributed by atoms with E-state index in [1.54, 1.807) is 6.07 Å². The minimum Gasteiger partial charge on any atom is -0.494 e. The number of carbonyl (C=O) groups excluding carboxylic acids is 1. The first-order valence-corrected chi connectivity index (χ1v) is 4.52. The second-order valence-corrected chi connectivity index (χ2v) is 2.85. The molecule has 0 saturated heterocycles. The van der Waals surface area contributed by atoms with Gasteiger partial charge in [-0.3, -0.25) is 0 Å². The van der Waals surface area contributed by atoms with Crippen molar-refractivity contribution in [2.45, 2.75) is 0 Å². The highest BCUT2D eigenvalue weighted by Gasteiger charge is 2.01. The van der Waals surface area contributed by atoms with Gasteiger partial charge in [-0.1, -0.05) is 0 Å². The largest absolute Gasteiger partial charge is 0.494 e. The first-order valence-electron chi connectivity index (χ1n) is 4.52. The quantitative estimate of drug-likeness (QED) is 0.628. The molecule has 4 nitrogen and oxygen atoms in total. The lowest BCUT2D eigenvalue weighted by atomic mass is 10.3. The minimum absolute atomic E-state index is 0.169. The van der Waals surface area contributed by atoms with Gasteiger partial charge in [0, 0.05) is 24.0 Å². The van der Waals surface area contributed by atoms with Gasteiger partial charge < -0.3 is 14.8 Å². The summed E-state index contributed by atoms with van der Waals surface area (Å²) in [5.41, 5.74) is 0.512.